The Morgan fingerprint density at radius 1 is 1.34 bits per heavy atom. The molecule has 1 aliphatic rings. The van der Waals surface area contributed by atoms with Crippen LogP contribution in [0.15, 0.2) is 52.7 Å². The summed E-state index contributed by atoms with van der Waals surface area (Å²) in [6.07, 6.45) is 5.04. The summed E-state index contributed by atoms with van der Waals surface area (Å²) in [7, 11) is -3.97. The van der Waals surface area contributed by atoms with Crippen molar-refractivity contribution >= 4 is 49.2 Å². The minimum absolute atomic E-state index is 0.00156. The molecule has 2 aromatic heterocycles. The highest BCUT2D eigenvalue weighted by Gasteiger charge is 2.30. The van der Waals surface area contributed by atoms with Gasteiger partial charge in [-0.3, -0.25) is 8.98 Å². The Balaban J connectivity index is 1.49. The lowest BCUT2D eigenvalue weighted by Gasteiger charge is -2.23. The summed E-state index contributed by atoms with van der Waals surface area (Å²) in [6.45, 7) is 1.72. The maximum atomic E-state index is 13.3. The number of halogens is 1. The summed E-state index contributed by atoms with van der Waals surface area (Å²) >= 11 is 4.68. The molecule has 1 saturated carbocycles. The van der Waals surface area contributed by atoms with Gasteiger partial charge in [0.05, 0.1) is 17.0 Å². The van der Waals surface area contributed by atoms with Crippen molar-refractivity contribution in [3.8, 4) is 0 Å². The van der Waals surface area contributed by atoms with E-state index in [0.717, 1.165) is 17.3 Å². The third-order valence-corrected chi connectivity index (χ3v) is 7.97. The van der Waals surface area contributed by atoms with Gasteiger partial charge in [0, 0.05) is 16.7 Å². The molecule has 2 heterocycles. The van der Waals surface area contributed by atoms with Gasteiger partial charge in [-0.05, 0) is 66.8 Å². The van der Waals surface area contributed by atoms with E-state index in [2.05, 4.69) is 31.2 Å². The molecule has 1 unspecified atom stereocenters. The molecule has 0 amide bonds. The summed E-state index contributed by atoms with van der Waals surface area (Å²) in [5.41, 5.74) is 0.373. The van der Waals surface area contributed by atoms with E-state index in [1.807, 2.05) is 24.3 Å². The zero-order valence-corrected chi connectivity index (χ0v) is 22.1. The third-order valence-electron chi connectivity index (χ3n) is 6.08. The van der Waals surface area contributed by atoms with E-state index in [9.17, 15) is 18.3 Å². The SMILES string of the molecule is CC(O)(c1cccc(Br)c1)c1csc(C(=O)c2cncnc2N[C@H]2CC[C@@H](COS(N)(=O)=O)C2)c1. The van der Waals surface area contributed by atoms with Crippen molar-refractivity contribution in [2.24, 2.45) is 11.1 Å². The van der Waals surface area contributed by atoms with Gasteiger partial charge in [0.25, 0.3) is 0 Å². The van der Waals surface area contributed by atoms with Gasteiger partial charge in [-0.1, -0.05) is 28.1 Å². The highest BCUT2D eigenvalue weighted by molar-refractivity contribution is 9.10. The molecule has 0 spiro atoms. The largest absolute Gasteiger partial charge is 0.381 e. The Kier molecular flexibility index (Phi) is 7.69. The van der Waals surface area contributed by atoms with Gasteiger partial charge in [0.2, 0.25) is 5.78 Å². The molecular formula is C23H25BrN4O5S2. The molecule has 1 aromatic carbocycles. The number of nitrogens with one attached hydrogen (secondary N) is 1. The monoisotopic (exact) mass is 580 g/mol. The first-order valence-corrected chi connectivity index (χ1v) is 14.0. The van der Waals surface area contributed by atoms with Crippen LogP contribution >= 0.6 is 27.3 Å². The van der Waals surface area contributed by atoms with Gasteiger partial charge in [-0.15, -0.1) is 11.3 Å². The van der Waals surface area contributed by atoms with Crippen LogP contribution in [0.4, 0.5) is 5.82 Å². The number of nitrogens with two attached hydrogens (primary N) is 1. The second kappa shape index (κ2) is 10.4. The van der Waals surface area contributed by atoms with Crippen LogP contribution in [0.1, 0.15) is 52.5 Å². The minimum Gasteiger partial charge on any atom is -0.381 e. The molecule has 35 heavy (non-hydrogen) atoms. The molecule has 0 bridgehead atoms. The van der Waals surface area contributed by atoms with Crippen LogP contribution in [0.3, 0.4) is 0 Å². The first-order valence-electron chi connectivity index (χ1n) is 10.9. The van der Waals surface area contributed by atoms with Crippen LogP contribution in [0.5, 0.6) is 0 Å². The lowest BCUT2D eigenvalue weighted by atomic mass is 9.90. The van der Waals surface area contributed by atoms with Gasteiger partial charge in [0.15, 0.2) is 0 Å². The number of aromatic nitrogens is 2. The Morgan fingerprint density at radius 2 is 2.14 bits per heavy atom. The van der Waals surface area contributed by atoms with Crippen LogP contribution in [0.25, 0.3) is 0 Å². The van der Waals surface area contributed by atoms with E-state index in [1.54, 1.807) is 18.4 Å². The zero-order valence-electron chi connectivity index (χ0n) is 18.8. The molecule has 3 atom stereocenters. The topological polar surface area (TPSA) is 144 Å². The van der Waals surface area contributed by atoms with Crippen LogP contribution < -0.4 is 10.5 Å². The van der Waals surface area contributed by atoms with Crippen LogP contribution in [0.2, 0.25) is 0 Å². The zero-order chi connectivity index (χ0) is 25.2. The fourth-order valence-electron chi connectivity index (χ4n) is 4.15. The van der Waals surface area contributed by atoms with Crippen LogP contribution in [-0.2, 0) is 20.1 Å². The van der Waals surface area contributed by atoms with Crippen molar-refractivity contribution in [2.45, 2.75) is 37.8 Å². The van der Waals surface area contributed by atoms with Crippen molar-refractivity contribution in [2.75, 3.05) is 11.9 Å². The van der Waals surface area contributed by atoms with Gasteiger partial charge >= 0.3 is 10.3 Å². The first kappa shape index (κ1) is 25.9. The summed E-state index contributed by atoms with van der Waals surface area (Å²) in [4.78, 5) is 22.1. The number of hydrogen-bond acceptors (Lipinski definition) is 9. The number of carbonyl (C=O) groups is 1. The molecule has 0 aliphatic heterocycles. The summed E-state index contributed by atoms with van der Waals surface area (Å²) in [5, 5.41) is 21.2. The van der Waals surface area contributed by atoms with Crippen molar-refractivity contribution < 1.29 is 22.5 Å². The molecular weight excluding hydrogens is 556 g/mol. The highest BCUT2D eigenvalue weighted by Crippen LogP contribution is 2.35. The molecule has 9 nitrogen and oxygen atoms in total. The maximum absolute atomic E-state index is 13.3. The van der Waals surface area contributed by atoms with E-state index >= 15 is 0 Å². The van der Waals surface area contributed by atoms with E-state index in [-0.39, 0.29) is 24.3 Å². The van der Waals surface area contributed by atoms with Gasteiger partial charge in [-0.2, -0.15) is 8.42 Å². The molecule has 0 saturated heterocycles. The predicted molar refractivity (Wildman–Crippen MR) is 136 cm³/mol. The summed E-state index contributed by atoms with van der Waals surface area (Å²) in [5.74, 6) is 0.199. The van der Waals surface area contributed by atoms with E-state index in [1.165, 1.54) is 23.9 Å². The number of thiophene rings is 1. The van der Waals surface area contributed by atoms with E-state index in [0.29, 0.717) is 33.8 Å². The minimum atomic E-state index is -3.97. The molecule has 4 N–H and O–H groups in total. The quantitative estimate of drug-likeness (QED) is 0.325. The predicted octanol–water partition coefficient (Wildman–Crippen LogP) is 3.59. The summed E-state index contributed by atoms with van der Waals surface area (Å²) in [6, 6.07) is 9.10. The van der Waals surface area contributed by atoms with Crippen molar-refractivity contribution in [1.82, 2.24) is 9.97 Å². The molecule has 1 fully saturated rings. The summed E-state index contributed by atoms with van der Waals surface area (Å²) < 4.78 is 27.7. The Morgan fingerprint density at radius 3 is 2.89 bits per heavy atom. The lowest BCUT2D eigenvalue weighted by molar-refractivity contribution is 0.102. The third kappa shape index (κ3) is 6.32. The smallest absolute Gasteiger partial charge is 0.333 e. The molecule has 12 heteroatoms. The number of rotatable bonds is 9. The second-order valence-corrected chi connectivity index (χ2v) is 11.7. The van der Waals surface area contributed by atoms with Crippen molar-refractivity contribution in [1.29, 1.82) is 0 Å². The standard InChI is InChI=1S/C23H25BrN4O5S2/c1-23(30,15-3-2-4-17(24)8-15)16-9-20(34-12-16)21(29)19-10-26-13-27-22(19)28-18-6-5-14(7-18)11-33-35(25,31)32/h2-4,8-10,12-14,18,30H,5-7,11H2,1H3,(H2,25,31,32)(H,26,27,28)/t14-,18+,23?/m1/s1. The number of carbonyl (C=O) groups excluding carboxylic acids is 1. The highest BCUT2D eigenvalue weighted by atomic mass is 79.9. The van der Waals surface area contributed by atoms with Gasteiger partial charge in [0.1, 0.15) is 17.7 Å². The average molecular weight is 582 g/mol. The normalized spacial score (nSPS) is 19.9. The Hall–Kier alpha value is -2.22. The molecule has 3 aromatic rings. The number of aliphatic hydroxyl groups is 1. The lowest BCUT2D eigenvalue weighted by Crippen LogP contribution is -2.22. The average Bonchev–Trinajstić information content (AvgIpc) is 3.48. The number of benzene rings is 1. The number of nitrogens with zero attached hydrogens (tertiary/aromatic N) is 2. The van der Waals surface area contributed by atoms with Crippen molar-refractivity contribution in [3.63, 3.8) is 0 Å². The van der Waals surface area contributed by atoms with Crippen molar-refractivity contribution in [3.05, 3.63) is 74.3 Å². The Labute approximate surface area is 216 Å². The van der Waals surface area contributed by atoms with Gasteiger partial charge in [-0.25, -0.2) is 15.1 Å². The van der Waals surface area contributed by atoms with Crippen LogP contribution in [-0.4, -0.2) is 41.9 Å². The molecule has 0 radical (unpaired) electrons. The van der Waals surface area contributed by atoms with Crippen LogP contribution in [0, 0.1) is 5.92 Å². The maximum Gasteiger partial charge on any atom is 0.333 e. The number of hydrogen-bond donors (Lipinski definition) is 3. The molecule has 4 rings (SSSR count). The fourth-order valence-corrected chi connectivity index (χ4v) is 5.90. The fraction of sp³-hybridized carbons (Fsp3) is 0.348. The number of anilines is 1. The van der Waals surface area contributed by atoms with Gasteiger partial charge < -0.3 is 10.4 Å². The molecule has 1 aliphatic carbocycles. The van der Waals surface area contributed by atoms with E-state index in [4.69, 9.17) is 9.32 Å². The second-order valence-electron chi connectivity index (χ2n) is 8.69. The Bertz CT molecular complexity index is 1330. The number of ketones is 1. The van der Waals surface area contributed by atoms with E-state index < -0.39 is 15.9 Å². The molecule has 186 valence electrons. The first-order chi connectivity index (χ1) is 16.5.